The van der Waals surface area contributed by atoms with E-state index < -0.39 is 5.97 Å². The van der Waals surface area contributed by atoms with Crippen LogP contribution < -0.4 is 5.73 Å². The summed E-state index contributed by atoms with van der Waals surface area (Å²) in [7, 11) is 0. The van der Waals surface area contributed by atoms with Gasteiger partial charge in [0.2, 0.25) is 0 Å². The van der Waals surface area contributed by atoms with Crippen LogP contribution in [0.5, 0.6) is 0 Å². The fourth-order valence-corrected chi connectivity index (χ4v) is 2.83. The van der Waals surface area contributed by atoms with Gasteiger partial charge in [-0.15, -0.1) is 0 Å². The minimum Gasteiger partial charge on any atom is -0.478 e. The number of benzene rings is 1. The number of nitrogens with two attached hydrogens (primary N) is 1. The van der Waals surface area contributed by atoms with Crippen LogP contribution in [0.3, 0.4) is 0 Å². The topological polar surface area (TPSA) is 76.2 Å². The van der Waals surface area contributed by atoms with Gasteiger partial charge in [0, 0.05) is 11.9 Å². The molecular formula is C15H16N2O2S. The van der Waals surface area contributed by atoms with Gasteiger partial charge in [0.1, 0.15) is 5.03 Å². The number of carboxylic acids is 1. The number of pyridine rings is 1. The Morgan fingerprint density at radius 3 is 2.45 bits per heavy atom. The second kappa shape index (κ2) is 5.96. The van der Waals surface area contributed by atoms with Crippen LogP contribution in [0.1, 0.15) is 27.0 Å². The smallest absolute Gasteiger partial charge is 0.337 e. The molecule has 2 aromatic rings. The highest BCUT2D eigenvalue weighted by molar-refractivity contribution is 7.98. The van der Waals surface area contributed by atoms with E-state index in [1.807, 2.05) is 0 Å². The number of hydrogen-bond donors (Lipinski definition) is 2. The number of hydrogen-bond acceptors (Lipinski definition) is 4. The zero-order valence-electron chi connectivity index (χ0n) is 11.4. The van der Waals surface area contributed by atoms with Crippen LogP contribution in [0.15, 0.2) is 35.5 Å². The Kier molecular flexibility index (Phi) is 4.29. The monoisotopic (exact) mass is 288 g/mol. The number of aromatic carboxylic acids is 1. The molecule has 0 saturated carbocycles. The van der Waals surface area contributed by atoms with Crippen LogP contribution in [-0.2, 0) is 5.75 Å². The molecule has 1 aromatic carbocycles. The van der Waals surface area contributed by atoms with E-state index in [-0.39, 0.29) is 5.56 Å². The summed E-state index contributed by atoms with van der Waals surface area (Å²) >= 11 is 1.51. The van der Waals surface area contributed by atoms with Gasteiger partial charge in [0.25, 0.3) is 0 Å². The molecule has 0 spiro atoms. The molecule has 0 bridgehead atoms. The van der Waals surface area contributed by atoms with Crippen molar-refractivity contribution >= 4 is 23.4 Å². The van der Waals surface area contributed by atoms with Gasteiger partial charge >= 0.3 is 5.97 Å². The minimum atomic E-state index is -1.02. The van der Waals surface area contributed by atoms with Crippen LogP contribution in [-0.4, -0.2) is 16.1 Å². The van der Waals surface area contributed by atoms with E-state index in [0.717, 1.165) is 5.75 Å². The van der Waals surface area contributed by atoms with Gasteiger partial charge in [-0.05, 0) is 25.5 Å². The fourth-order valence-electron chi connectivity index (χ4n) is 2.01. The molecule has 0 radical (unpaired) electrons. The maximum Gasteiger partial charge on any atom is 0.337 e. The highest BCUT2D eigenvalue weighted by Gasteiger charge is 2.08. The zero-order valence-corrected chi connectivity index (χ0v) is 12.2. The highest BCUT2D eigenvalue weighted by Crippen LogP contribution is 2.27. The summed E-state index contributed by atoms with van der Waals surface area (Å²) in [5.41, 5.74) is 10.0. The highest BCUT2D eigenvalue weighted by atomic mass is 32.2. The third-order valence-electron chi connectivity index (χ3n) is 2.78. The summed E-state index contributed by atoms with van der Waals surface area (Å²) in [6.07, 6.45) is 1.34. The summed E-state index contributed by atoms with van der Waals surface area (Å²) in [4.78, 5) is 14.9. The Morgan fingerprint density at radius 2 is 1.90 bits per heavy atom. The van der Waals surface area contributed by atoms with Crippen LogP contribution >= 0.6 is 11.8 Å². The normalized spacial score (nSPS) is 10.5. The van der Waals surface area contributed by atoms with Gasteiger partial charge in [0.05, 0.1) is 11.3 Å². The lowest BCUT2D eigenvalue weighted by Gasteiger charge is -2.07. The average Bonchev–Trinajstić information content (AvgIpc) is 2.36. The molecule has 1 aromatic heterocycles. The minimum absolute atomic E-state index is 0.109. The molecule has 0 amide bonds. The Balaban J connectivity index is 2.12. The van der Waals surface area contributed by atoms with Crippen LogP contribution in [0.25, 0.3) is 0 Å². The van der Waals surface area contributed by atoms with E-state index in [0.29, 0.717) is 10.7 Å². The number of nitrogen functional groups attached to an aromatic ring is 1. The van der Waals surface area contributed by atoms with Crippen molar-refractivity contribution in [2.45, 2.75) is 24.6 Å². The molecule has 104 valence electrons. The van der Waals surface area contributed by atoms with E-state index >= 15 is 0 Å². The van der Waals surface area contributed by atoms with Crippen molar-refractivity contribution in [2.24, 2.45) is 0 Å². The Labute approximate surface area is 122 Å². The Hall–Kier alpha value is -2.01. The van der Waals surface area contributed by atoms with Crippen LogP contribution in [0.4, 0.5) is 5.69 Å². The lowest BCUT2D eigenvalue weighted by atomic mass is 10.1. The first-order valence-corrected chi connectivity index (χ1v) is 7.13. The largest absolute Gasteiger partial charge is 0.478 e. The standard InChI is InChI=1S/C15H16N2O2S/c1-9-3-10(2)5-11(4-9)8-20-14-13(16)6-12(7-17-14)15(18)19/h3-7H,8,16H2,1-2H3,(H,18,19). The number of aromatic nitrogens is 1. The molecule has 0 aliphatic heterocycles. The van der Waals surface area contributed by atoms with Crippen molar-refractivity contribution in [1.29, 1.82) is 0 Å². The Morgan fingerprint density at radius 1 is 1.25 bits per heavy atom. The second-order valence-electron chi connectivity index (χ2n) is 4.71. The first kappa shape index (κ1) is 14.4. The quantitative estimate of drug-likeness (QED) is 0.844. The molecule has 1 heterocycles. The number of aryl methyl sites for hydroxylation is 2. The summed E-state index contributed by atoms with van der Waals surface area (Å²) < 4.78 is 0. The molecule has 0 fully saturated rings. The van der Waals surface area contributed by atoms with Crippen molar-refractivity contribution < 1.29 is 9.90 Å². The molecule has 0 aliphatic carbocycles. The van der Waals surface area contributed by atoms with Crippen molar-refractivity contribution in [3.8, 4) is 0 Å². The molecule has 0 atom stereocenters. The molecule has 20 heavy (non-hydrogen) atoms. The van der Waals surface area contributed by atoms with Crippen molar-refractivity contribution in [1.82, 2.24) is 4.98 Å². The SMILES string of the molecule is Cc1cc(C)cc(CSc2ncc(C(=O)O)cc2N)c1. The van der Waals surface area contributed by atoms with E-state index in [4.69, 9.17) is 10.8 Å². The summed E-state index contributed by atoms with van der Waals surface area (Å²) in [5, 5.41) is 9.53. The number of thioether (sulfide) groups is 1. The number of rotatable bonds is 4. The molecule has 0 aliphatic rings. The molecule has 0 unspecified atom stereocenters. The number of carbonyl (C=O) groups is 1. The third-order valence-corrected chi connectivity index (χ3v) is 3.88. The van der Waals surface area contributed by atoms with Crippen molar-refractivity contribution in [3.05, 3.63) is 52.7 Å². The van der Waals surface area contributed by atoms with Gasteiger partial charge in [-0.25, -0.2) is 9.78 Å². The fraction of sp³-hybridized carbons (Fsp3) is 0.200. The lowest BCUT2D eigenvalue weighted by Crippen LogP contribution is -2.01. The molecule has 4 nitrogen and oxygen atoms in total. The van der Waals surface area contributed by atoms with Gasteiger partial charge < -0.3 is 10.8 Å². The van der Waals surface area contributed by atoms with Gasteiger partial charge in [-0.1, -0.05) is 41.1 Å². The predicted molar refractivity (Wildman–Crippen MR) is 81.1 cm³/mol. The van der Waals surface area contributed by atoms with Crippen LogP contribution in [0.2, 0.25) is 0 Å². The molecular weight excluding hydrogens is 272 g/mol. The first-order valence-electron chi connectivity index (χ1n) is 6.14. The predicted octanol–water partition coefficient (Wildman–Crippen LogP) is 3.27. The van der Waals surface area contributed by atoms with E-state index in [2.05, 4.69) is 37.0 Å². The second-order valence-corrected chi connectivity index (χ2v) is 5.67. The van der Waals surface area contributed by atoms with Crippen molar-refractivity contribution in [2.75, 3.05) is 5.73 Å². The molecule has 2 rings (SSSR count). The molecule has 5 heteroatoms. The van der Waals surface area contributed by atoms with Gasteiger partial charge in [0.15, 0.2) is 0 Å². The van der Waals surface area contributed by atoms with Crippen molar-refractivity contribution in [3.63, 3.8) is 0 Å². The molecule has 3 N–H and O–H groups in total. The zero-order chi connectivity index (χ0) is 14.7. The summed E-state index contributed by atoms with van der Waals surface area (Å²) in [6, 6.07) is 7.82. The maximum atomic E-state index is 10.8. The van der Waals surface area contributed by atoms with Crippen LogP contribution in [0, 0.1) is 13.8 Å². The lowest BCUT2D eigenvalue weighted by molar-refractivity contribution is 0.0696. The Bertz CT molecular complexity index is 636. The number of anilines is 1. The number of nitrogens with zero attached hydrogens (tertiary/aromatic N) is 1. The summed E-state index contributed by atoms with van der Waals surface area (Å²) in [6.45, 7) is 4.13. The molecule has 0 saturated heterocycles. The van der Waals surface area contributed by atoms with E-state index in [1.165, 1.54) is 40.7 Å². The first-order chi connectivity index (χ1) is 9.45. The average molecular weight is 288 g/mol. The van der Waals surface area contributed by atoms with Gasteiger partial charge in [-0.2, -0.15) is 0 Å². The van der Waals surface area contributed by atoms with E-state index in [9.17, 15) is 4.79 Å². The third kappa shape index (κ3) is 3.51. The van der Waals surface area contributed by atoms with E-state index in [1.54, 1.807) is 0 Å². The maximum absolute atomic E-state index is 10.8. The number of carboxylic acid groups (broad SMARTS) is 1. The van der Waals surface area contributed by atoms with Gasteiger partial charge in [-0.3, -0.25) is 0 Å². The summed E-state index contributed by atoms with van der Waals surface area (Å²) in [5.74, 6) is -0.262.